The largest absolute Gasteiger partial charge is 0.748 e. The Morgan fingerprint density at radius 3 is 2.79 bits per heavy atom. The molecular weight excluding hydrogens is 306 g/mol. The number of thiazole rings is 1. The molecule has 1 atom stereocenters. The van der Waals surface area contributed by atoms with Gasteiger partial charge >= 0.3 is 0 Å². The highest BCUT2D eigenvalue weighted by Gasteiger charge is 2.20. The maximum atomic E-state index is 10.9. The summed E-state index contributed by atoms with van der Waals surface area (Å²) in [7, 11) is -4.22. The Kier molecular flexibility index (Phi) is 4.15. The van der Waals surface area contributed by atoms with Gasteiger partial charge in [0.05, 0.1) is 15.4 Å². The van der Waals surface area contributed by atoms with E-state index in [0.717, 1.165) is 15.2 Å². The predicted molar refractivity (Wildman–Crippen MR) is 75.5 cm³/mol. The van der Waals surface area contributed by atoms with Gasteiger partial charge in [-0.25, -0.2) is 8.42 Å². The van der Waals surface area contributed by atoms with Crippen LogP contribution in [-0.2, 0) is 16.7 Å². The van der Waals surface area contributed by atoms with Crippen molar-refractivity contribution >= 4 is 43.3 Å². The van der Waals surface area contributed by atoms with E-state index >= 15 is 0 Å². The average molecular weight is 320 g/mol. The van der Waals surface area contributed by atoms with Crippen LogP contribution in [-0.4, -0.2) is 18.2 Å². The lowest BCUT2D eigenvalue weighted by Crippen LogP contribution is -2.37. The van der Waals surface area contributed by atoms with Crippen LogP contribution in [0.2, 0.25) is 5.02 Å². The number of nitrogens with zero attached hydrogens (tertiary/aromatic N) is 1. The van der Waals surface area contributed by atoms with Gasteiger partial charge in [0.25, 0.3) is 0 Å². The Morgan fingerprint density at radius 1 is 1.47 bits per heavy atom. The summed E-state index contributed by atoms with van der Waals surface area (Å²) in [6, 6.07) is 5.63. The van der Waals surface area contributed by atoms with E-state index in [-0.39, 0.29) is 0 Å². The second kappa shape index (κ2) is 5.36. The topological polar surface area (TPSA) is 61.1 Å². The molecule has 0 fully saturated rings. The van der Waals surface area contributed by atoms with Crippen LogP contribution >= 0.6 is 22.9 Å². The molecule has 1 heterocycles. The quantitative estimate of drug-likeness (QED) is 0.642. The van der Waals surface area contributed by atoms with Gasteiger partial charge in [-0.05, 0) is 19.1 Å². The highest BCUT2D eigenvalue weighted by molar-refractivity contribution is 7.86. The van der Waals surface area contributed by atoms with E-state index in [2.05, 4.69) is 0 Å². The number of aryl methyl sites for hydroxylation is 2. The molecule has 2 aromatic rings. The zero-order chi connectivity index (χ0) is 14.2. The van der Waals surface area contributed by atoms with Crippen molar-refractivity contribution in [3.8, 4) is 0 Å². The summed E-state index contributed by atoms with van der Waals surface area (Å²) in [5.74, 6) is 0. The van der Waals surface area contributed by atoms with E-state index in [1.807, 2.05) is 29.7 Å². The zero-order valence-corrected chi connectivity index (χ0v) is 13.0. The fourth-order valence-corrected chi connectivity index (χ4v) is 3.49. The molecule has 19 heavy (non-hydrogen) atoms. The number of fused-ring (bicyclic) bond motifs is 1. The second-order valence-electron chi connectivity index (χ2n) is 4.48. The van der Waals surface area contributed by atoms with Gasteiger partial charge in [-0.3, -0.25) is 0 Å². The van der Waals surface area contributed by atoms with E-state index < -0.39 is 15.4 Å². The van der Waals surface area contributed by atoms with E-state index in [0.29, 0.717) is 18.0 Å². The molecule has 0 spiro atoms. The third-order valence-electron chi connectivity index (χ3n) is 3.10. The number of hydrogen-bond donors (Lipinski definition) is 0. The molecular formula is C12H14ClNO3S2. The van der Waals surface area contributed by atoms with Crippen LogP contribution in [0.3, 0.4) is 0 Å². The summed E-state index contributed by atoms with van der Waals surface area (Å²) in [5, 5.41) is 0.824. The van der Waals surface area contributed by atoms with Gasteiger partial charge in [0.1, 0.15) is 4.70 Å². The number of benzene rings is 1. The molecule has 7 heteroatoms. The normalized spacial score (nSPS) is 13.9. The molecule has 4 nitrogen and oxygen atoms in total. The first-order chi connectivity index (χ1) is 8.79. The molecule has 0 radical (unpaired) electrons. The van der Waals surface area contributed by atoms with Crippen LogP contribution in [0.5, 0.6) is 0 Å². The third kappa shape index (κ3) is 3.25. The maximum absolute atomic E-state index is 10.9. The van der Waals surface area contributed by atoms with Crippen LogP contribution in [0, 0.1) is 6.92 Å². The molecule has 0 N–H and O–H groups in total. The molecule has 1 unspecified atom stereocenters. The van der Waals surface area contributed by atoms with Crippen LogP contribution in [0.4, 0.5) is 0 Å². The SMILES string of the molecule is Cc1sc2ccc(Cl)cc2[n+]1CCC(C)S(=O)(=O)[O-]. The van der Waals surface area contributed by atoms with Crippen molar-refractivity contribution in [2.45, 2.75) is 32.1 Å². The molecule has 0 aliphatic heterocycles. The lowest BCUT2D eigenvalue weighted by molar-refractivity contribution is -0.673. The minimum absolute atomic E-state index is 0.301. The molecule has 0 saturated carbocycles. The van der Waals surface area contributed by atoms with Gasteiger partial charge in [-0.15, -0.1) is 0 Å². The highest BCUT2D eigenvalue weighted by atomic mass is 35.5. The van der Waals surface area contributed by atoms with E-state index in [1.165, 1.54) is 6.92 Å². The molecule has 0 aliphatic rings. The predicted octanol–water partition coefficient (Wildman–Crippen LogP) is 2.47. The van der Waals surface area contributed by atoms with Gasteiger partial charge in [-0.2, -0.15) is 4.57 Å². The minimum Gasteiger partial charge on any atom is -0.748 e. The molecule has 0 bridgehead atoms. The van der Waals surface area contributed by atoms with Crippen LogP contribution in [0.1, 0.15) is 18.4 Å². The Balaban J connectivity index is 2.30. The number of halogens is 1. The summed E-state index contributed by atoms with van der Waals surface area (Å²) in [6.07, 6.45) is 0.301. The van der Waals surface area contributed by atoms with Gasteiger partial charge in [-0.1, -0.05) is 22.9 Å². The first-order valence-electron chi connectivity index (χ1n) is 5.82. The Hall–Kier alpha value is -0.690. The van der Waals surface area contributed by atoms with Gasteiger partial charge in [0, 0.05) is 24.4 Å². The standard InChI is InChI=1S/C12H14ClNO3S2/c1-8(19(15,16)17)5-6-14-9(2)18-12-4-3-10(13)7-11(12)14/h3-4,7-8H,5-6H2,1-2H3. The number of rotatable bonds is 4. The summed E-state index contributed by atoms with van der Waals surface area (Å²) < 4.78 is 35.8. The molecule has 104 valence electrons. The monoisotopic (exact) mass is 319 g/mol. The average Bonchev–Trinajstić information content (AvgIpc) is 2.60. The van der Waals surface area contributed by atoms with Crippen molar-refractivity contribution < 1.29 is 17.5 Å². The van der Waals surface area contributed by atoms with Crippen molar-refractivity contribution in [1.82, 2.24) is 0 Å². The van der Waals surface area contributed by atoms with E-state index in [9.17, 15) is 13.0 Å². The maximum Gasteiger partial charge on any atom is 0.235 e. The van der Waals surface area contributed by atoms with E-state index in [4.69, 9.17) is 11.6 Å². The van der Waals surface area contributed by atoms with Crippen molar-refractivity contribution in [3.63, 3.8) is 0 Å². The summed E-state index contributed by atoms with van der Waals surface area (Å²) in [6.45, 7) is 3.91. The molecule has 2 rings (SSSR count). The Bertz CT molecular complexity index is 709. The first-order valence-corrected chi connectivity index (χ1v) is 8.49. The summed E-state index contributed by atoms with van der Waals surface area (Å²) >= 11 is 7.60. The van der Waals surface area contributed by atoms with Gasteiger partial charge < -0.3 is 4.55 Å². The van der Waals surface area contributed by atoms with Gasteiger partial charge in [0.15, 0.2) is 6.54 Å². The third-order valence-corrected chi connectivity index (χ3v) is 5.64. The molecule has 0 saturated heterocycles. The number of aromatic nitrogens is 1. The van der Waals surface area contributed by atoms with Crippen LogP contribution in [0.15, 0.2) is 18.2 Å². The molecule has 0 aliphatic carbocycles. The first kappa shape index (κ1) is 14.7. The minimum atomic E-state index is -4.22. The smallest absolute Gasteiger partial charge is 0.235 e. The molecule has 1 aromatic heterocycles. The summed E-state index contributed by atoms with van der Waals surface area (Å²) in [5.41, 5.74) is 0.977. The molecule has 1 aromatic carbocycles. The lowest BCUT2D eigenvalue weighted by Gasteiger charge is -2.13. The van der Waals surface area contributed by atoms with Crippen molar-refractivity contribution in [1.29, 1.82) is 0 Å². The Labute approximate surface area is 121 Å². The Morgan fingerprint density at radius 2 is 2.16 bits per heavy atom. The lowest BCUT2D eigenvalue weighted by atomic mass is 10.3. The van der Waals surface area contributed by atoms with Gasteiger partial charge in [0.2, 0.25) is 10.5 Å². The highest BCUT2D eigenvalue weighted by Crippen LogP contribution is 2.23. The fourth-order valence-electron chi connectivity index (χ4n) is 1.90. The number of hydrogen-bond acceptors (Lipinski definition) is 4. The van der Waals surface area contributed by atoms with Crippen molar-refractivity contribution in [2.75, 3.05) is 0 Å². The fraction of sp³-hybridized carbons (Fsp3) is 0.417. The van der Waals surface area contributed by atoms with Crippen molar-refractivity contribution in [3.05, 3.63) is 28.2 Å². The van der Waals surface area contributed by atoms with Crippen LogP contribution < -0.4 is 4.57 Å². The second-order valence-corrected chi connectivity index (χ2v) is 7.94. The van der Waals surface area contributed by atoms with Crippen molar-refractivity contribution in [2.24, 2.45) is 0 Å². The van der Waals surface area contributed by atoms with E-state index in [1.54, 1.807) is 11.3 Å². The van der Waals surface area contributed by atoms with Crippen LogP contribution in [0.25, 0.3) is 10.2 Å². The molecule has 0 amide bonds. The zero-order valence-electron chi connectivity index (χ0n) is 10.6. The summed E-state index contributed by atoms with van der Waals surface area (Å²) in [4.78, 5) is 0.